The van der Waals surface area contributed by atoms with Gasteiger partial charge in [0.2, 0.25) is 5.16 Å². The van der Waals surface area contributed by atoms with E-state index in [2.05, 4.69) is 15.5 Å². The molecule has 0 aliphatic carbocycles. The van der Waals surface area contributed by atoms with E-state index in [0.29, 0.717) is 10.2 Å². The minimum absolute atomic E-state index is 0.0875. The summed E-state index contributed by atoms with van der Waals surface area (Å²) in [7, 11) is 0. The Morgan fingerprint density at radius 2 is 1.95 bits per heavy atom. The lowest BCUT2D eigenvalue weighted by molar-refractivity contribution is 0.627. The van der Waals surface area contributed by atoms with E-state index in [1.807, 2.05) is 19.1 Å². The third-order valence-corrected chi connectivity index (χ3v) is 4.44. The van der Waals surface area contributed by atoms with Crippen LogP contribution in [0.3, 0.4) is 0 Å². The van der Waals surface area contributed by atoms with Crippen molar-refractivity contribution in [3.05, 3.63) is 64.9 Å². The van der Waals surface area contributed by atoms with Crippen LogP contribution in [0.25, 0.3) is 5.69 Å². The number of benzene rings is 2. The second kappa shape index (κ2) is 6.46. The van der Waals surface area contributed by atoms with Crippen LogP contribution in [-0.2, 0) is 0 Å². The third-order valence-electron chi connectivity index (χ3n) is 3.12. The molecule has 7 heteroatoms. The molecule has 4 nitrogen and oxygen atoms in total. The molecule has 2 aromatic carbocycles. The first-order chi connectivity index (χ1) is 10.6. The number of nitrogens with zero attached hydrogens (tertiary/aromatic N) is 4. The summed E-state index contributed by atoms with van der Waals surface area (Å²) in [5, 5.41) is 13.1. The van der Waals surface area contributed by atoms with Crippen LogP contribution in [-0.4, -0.2) is 20.2 Å². The molecule has 0 aliphatic rings. The predicted molar refractivity (Wildman–Crippen MR) is 84.8 cm³/mol. The number of hydrogen-bond acceptors (Lipinski definition) is 4. The van der Waals surface area contributed by atoms with E-state index in [4.69, 9.17) is 11.6 Å². The molecular weight excluding hydrogens is 323 g/mol. The lowest BCUT2D eigenvalue weighted by Gasteiger charge is -2.11. The summed E-state index contributed by atoms with van der Waals surface area (Å²) in [6.07, 6.45) is 0. The van der Waals surface area contributed by atoms with E-state index in [-0.39, 0.29) is 11.1 Å². The molecule has 3 aromatic rings. The van der Waals surface area contributed by atoms with Gasteiger partial charge >= 0.3 is 0 Å². The molecule has 1 aromatic heterocycles. The van der Waals surface area contributed by atoms with Crippen LogP contribution in [0.5, 0.6) is 0 Å². The Kier molecular flexibility index (Phi) is 4.40. The third kappa shape index (κ3) is 3.28. The number of rotatable bonds is 4. The van der Waals surface area contributed by atoms with Crippen molar-refractivity contribution in [2.75, 3.05) is 0 Å². The van der Waals surface area contributed by atoms with Crippen LogP contribution in [0.2, 0.25) is 5.02 Å². The first-order valence-corrected chi connectivity index (χ1v) is 7.85. The SMILES string of the molecule is C[C@@H](Sc1nnnn1-c1cccc(Cl)c1)c1ccc(F)cc1. The van der Waals surface area contributed by atoms with E-state index in [1.165, 1.54) is 23.9 Å². The molecular formula is C15H12ClFN4S. The average Bonchev–Trinajstić information content (AvgIpc) is 2.96. The fourth-order valence-electron chi connectivity index (χ4n) is 1.98. The first-order valence-electron chi connectivity index (χ1n) is 6.60. The summed E-state index contributed by atoms with van der Waals surface area (Å²) in [4.78, 5) is 0. The molecule has 0 spiro atoms. The van der Waals surface area contributed by atoms with Gasteiger partial charge in [-0.3, -0.25) is 0 Å². The molecule has 0 unspecified atom stereocenters. The minimum atomic E-state index is -0.246. The van der Waals surface area contributed by atoms with E-state index in [1.54, 1.807) is 28.9 Å². The van der Waals surface area contributed by atoms with E-state index in [9.17, 15) is 4.39 Å². The molecule has 0 radical (unpaired) electrons. The molecule has 22 heavy (non-hydrogen) atoms. The summed E-state index contributed by atoms with van der Waals surface area (Å²) in [6, 6.07) is 13.7. The molecule has 112 valence electrons. The van der Waals surface area contributed by atoms with Crippen molar-refractivity contribution in [1.82, 2.24) is 20.2 Å². The highest BCUT2D eigenvalue weighted by Gasteiger charge is 2.15. The number of halogens is 2. The van der Waals surface area contributed by atoms with Gasteiger partial charge in [0, 0.05) is 10.3 Å². The highest BCUT2D eigenvalue weighted by Crippen LogP contribution is 2.34. The van der Waals surface area contributed by atoms with Gasteiger partial charge in [0.05, 0.1) is 5.69 Å². The Hall–Kier alpha value is -1.92. The highest BCUT2D eigenvalue weighted by molar-refractivity contribution is 7.99. The Bertz CT molecular complexity index is 775. The van der Waals surface area contributed by atoms with Gasteiger partial charge in [-0.05, 0) is 53.2 Å². The van der Waals surface area contributed by atoms with Gasteiger partial charge in [0.15, 0.2) is 0 Å². The fraction of sp³-hybridized carbons (Fsp3) is 0.133. The summed E-state index contributed by atoms with van der Waals surface area (Å²) in [5.74, 6) is -0.246. The molecule has 0 bridgehead atoms. The second-order valence-corrected chi connectivity index (χ2v) is 6.41. The van der Waals surface area contributed by atoms with Gasteiger partial charge in [-0.1, -0.05) is 41.6 Å². The van der Waals surface area contributed by atoms with E-state index in [0.717, 1.165) is 11.3 Å². The Balaban J connectivity index is 1.84. The van der Waals surface area contributed by atoms with E-state index >= 15 is 0 Å². The average molecular weight is 335 g/mol. The van der Waals surface area contributed by atoms with Crippen LogP contribution in [0.1, 0.15) is 17.7 Å². The maximum absolute atomic E-state index is 13.0. The molecule has 0 fully saturated rings. The quantitative estimate of drug-likeness (QED) is 0.667. The van der Waals surface area contributed by atoms with Crippen molar-refractivity contribution < 1.29 is 4.39 Å². The van der Waals surface area contributed by atoms with Gasteiger partial charge in [-0.25, -0.2) is 4.39 Å². The fourth-order valence-corrected chi connectivity index (χ4v) is 3.10. The first kappa shape index (κ1) is 15.0. The summed E-state index contributed by atoms with van der Waals surface area (Å²) >= 11 is 7.50. The topological polar surface area (TPSA) is 43.6 Å². The Morgan fingerprint density at radius 1 is 1.18 bits per heavy atom. The second-order valence-electron chi connectivity index (χ2n) is 4.66. The maximum Gasteiger partial charge on any atom is 0.214 e. The molecule has 0 saturated carbocycles. The van der Waals surface area contributed by atoms with Crippen molar-refractivity contribution >= 4 is 23.4 Å². The van der Waals surface area contributed by atoms with Crippen molar-refractivity contribution in [3.8, 4) is 5.69 Å². The number of tetrazole rings is 1. The highest BCUT2D eigenvalue weighted by atomic mass is 35.5. The van der Waals surface area contributed by atoms with Gasteiger partial charge < -0.3 is 0 Å². The van der Waals surface area contributed by atoms with Crippen molar-refractivity contribution in [2.24, 2.45) is 0 Å². The lowest BCUT2D eigenvalue weighted by atomic mass is 10.2. The Labute approximate surface area is 136 Å². The molecule has 3 rings (SSSR count). The van der Waals surface area contributed by atoms with Crippen molar-refractivity contribution in [1.29, 1.82) is 0 Å². The Morgan fingerprint density at radius 3 is 2.68 bits per heavy atom. The van der Waals surface area contributed by atoms with Crippen molar-refractivity contribution in [3.63, 3.8) is 0 Å². The van der Waals surface area contributed by atoms with Crippen LogP contribution in [0.4, 0.5) is 4.39 Å². The molecule has 1 heterocycles. The van der Waals surface area contributed by atoms with Crippen molar-refractivity contribution in [2.45, 2.75) is 17.3 Å². The molecule has 0 aliphatic heterocycles. The van der Waals surface area contributed by atoms with E-state index < -0.39 is 0 Å². The molecule has 0 N–H and O–H groups in total. The van der Waals surface area contributed by atoms with Crippen LogP contribution >= 0.6 is 23.4 Å². The van der Waals surface area contributed by atoms with Gasteiger partial charge in [0.1, 0.15) is 5.82 Å². The molecule has 1 atom stereocenters. The zero-order valence-electron chi connectivity index (χ0n) is 11.6. The zero-order valence-corrected chi connectivity index (χ0v) is 13.2. The normalized spacial score (nSPS) is 12.3. The zero-order chi connectivity index (χ0) is 15.5. The number of thioether (sulfide) groups is 1. The number of aromatic nitrogens is 4. The molecule has 0 saturated heterocycles. The summed E-state index contributed by atoms with van der Waals surface area (Å²) in [5.41, 5.74) is 1.80. The summed E-state index contributed by atoms with van der Waals surface area (Å²) in [6.45, 7) is 2.02. The summed E-state index contributed by atoms with van der Waals surface area (Å²) < 4.78 is 14.6. The standard InChI is InChI=1S/C15H12ClFN4S/c1-10(11-5-7-13(17)8-6-11)22-15-18-19-20-21(15)14-4-2-3-12(16)9-14/h2-10H,1H3/t10-/m1/s1. The lowest BCUT2D eigenvalue weighted by Crippen LogP contribution is -2.00. The molecule has 0 amide bonds. The smallest absolute Gasteiger partial charge is 0.207 e. The predicted octanol–water partition coefficient (Wildman–Crippen LogP) is 4.31. The van der Waals surface area contributed by atoms with Crippen LogP contribution in [0.15, 0.2) is 53.7 Å². The maximum atomic E-state index is 13.0. The van der Waals surface area contributed by atoms with Gasteiger partial charge in [0.25, 0.3) is 0 Å². The van der Waals surface area contributed by atoms with Gasteiger partial charge in [-0.2, -0.15) is 4.68 Å². The van der Waals surface area contributed by atoms with Gasteiger partial charge in [-0.15, -0.1) is 5.10 Å². The number of hydrogen-bond donors (Lipinski definition) is 0. The van der Waals surface area contributed by atoms with Crippen LogP contribution in [0, 0.1) is 5.82 Å². The largest absolute Gasteiger partial charge is 0.214 e. The van der Waals surface area contributed by atoms with Crippen LogP contribution < -0.4 is 0 Å². The monoisotopic (exact) mass is 334 g/mol. The minimum Gasteiger partial charge on any atom is -0.207 e.